The van der Waals surface area contributed by atoms with Gasteiger partial charge in [-0.25, -0.2) is 4.99 Å². The lowest BCUT2D eigenvalue weighted by Gasteiger charge is -2.36. The number of nitrogens with zero attached hydrogens (tertiary/aromatic N) is 5. The van der Waals surface area contributed by atoms with Gasteiger partial charge in [0.1, 0.15) is 12.4 Å². The number of aryl methyl sites for hydroxylation is 1. The fourth-order valence-corrected chi connectivity index (χ4v) is 4.38. The number of aliphatic imine (C=N–C) groups is 1. The van der Waals surface area contributed by atoms with Crippen molar-refractivity contribution in [1.29, 1.82) is 0 Å². The quantitative estimate of drug-likeness (QED) is 0.314. The first kappa shape index (κ1) is 25.0. The smallest absolute Gasteiger partial charge is 0.192 e. The van der Waals surface area contributed by atoms with Crippen molar-refractivity contribution in [3.8, 4) is 0 Å². The summed E-state index contributed by atoms with van der Waals surface area (Å²) in [6.07, 6.45) is 4.65. The first-order valence-electron chi connectivity index (χ1n) is 11.1. The average Bonchev–Trinajstić information content (AvgIpc) is 3.41. The molecule has 3 heterocycles. The van der Waals surface area contributed by atoms with Gasteiger partial charge in [0.2, 0.25) is 0 Å². The maximum absolute atomic E-state index is 6.44. The summed E-state index contributed by atoms with van der Waals surface area (Å²) in [6, 6.07) is 8.33. The fraction of sp³-hybridized carbons (Fsp3) is 0.591. The SMILES string of the molecule is Cc1nnc(CN=C(NCC2CCCO2)NC2CCCN(c3ccccc3Cl)C2)n1C.I. The molecule has 0 amide bonds. The van der Waals surface area contributed by atoms with E-state index in [4.69, 9.17) is 21.3 Å². The third-order valence-electron chi connectivity index (χ3n) is 6.04. The lowest BCUT2D eigenvalue weighted by molar-refractivity contribution is 0.113. The number of guanidine groups is 1. The fourth-order valence-electron chi connectivity index (χ4n) is 4.12. The highest BCUT2D eigenvalue weighted by molar-refractivity contribution is 14.0. The number of piperidine rings is 1. The van der Waals surface area contributed by atoms with Crippen molar-refractivity contribution in [3.05, 3.63) is 40.9 Å². The van der Waals surface area contributed by atoms with Gasteiger partial charge in [0, 0.05) is 39.3 Å². The van der Waals surface area contributed by atoms with Crippen molar-refractivity contribution in [2.45, 2.75) is 51.3 Å². The molecule has 4 rings (SSSR count). The molecule has 10 heteroatoms. The summed E-state index contributed by atoms with van der Waals surface area (Å²) in [5, 5.41) is 16.3. The predicted molar refractivity (Wildman–Crippen MR) is 139 cm³/mol. The van der Waals surface area contributed by atoms with E-state index < -0.39 is 0 Å². The number of hydrogen-bond donors (Lipinski definition) is 2. The van der Waals surface area contributed by atoms with Crippen LogP contribution in [0.25, 0.3) is 0 Å². The number of rotatable bonds is 6. The van der Waals surface area contributed by atoms with Gasteiger partial charge in [-0.2, -0.15) is 0 Å². The van der Waals surface area contributed by atoms with Crippen LogP contribution in [0.1, 0.15) is 37.3 Å². The zero-order valence-electron chi connectivity index (χ0n) is 18.8. The largest absolute Gasteiger partial charge is 0.376 e. The number of para-hydroxylation sites is 1. The second-order valence-electron chi connectivity index (χ2n) is 8.28. The monoisotopic (exact) mass is 573 g/mol. The molecule has 2 aromatic rings. The highest BCUT2D eigenvalue weighted by atomic mass is 127. The van der Waals surface area contributed by atoms with Crippen molar-refractivity contribution in [2.75, 3.05) is 31.1 Å². The van der Waals surface area contributed by atoms with E-state index in [0.717, 1.165) is 80.2 Å². The minimum atomic E-state index is 0. The molecule has 0 aliphatic carbocycles. The van der Waals surface area contributed by atoms with Crippen LogP contribution in [-0.4, -0.2) is 59.1 Å². The molecule has 2 unspecified atom stereocenters. The van der Waals surface area contributed by atoms with Gasteiger partial charge in [-0.15, -0.1) is 34.2 Å². The predicted octanol–water partition coefficient (Wildman–Crippen LogP) is 3.28. The van der Waals surface area contributed by atoms with Crippen LogP contribution in [0.15, 0.2) is 29.3 Å². The van der Waals surface area contributed by atoms with Gasteiger partial charge in [-0.1, -0.05) is 23.7 Å². The summed E-state index contributed by atoms with van der Waals surface area (Å²) in [7, 11) is 1.97. The second kappa shape index (κ2) is 12.0. The van der Waals surface area contributed by atoms with Gasteiger partial charge in [0.05, 0.1) is 16.8 Å². The molecule has 2 atom stereocenters. The summed E-state index contributed by atoms with van der Waals surface area (Å²) in [5.41, 5.74) is 1.09. The molecule has 2 aliphatic rings. The second-order valence-corrected chi connectivity index (χ2v) is 8.69. The summed E-state index contributed by atoms with van der Waals surface area (Å²) in [6.45, 7) is 5.91. The van der Waals surface area contributed by atoms with Crippen molar-refractivity contribution in [1.82, 2.24) is 25.4 Å². The maximum atomic E-state index is 6.44. The molecule has 0 spiro atoms. The molecular formula is C22H33ClIN7O. The van der Waals surface area contributed by atoms with Gasteiger partial charge in [-0.3, -0.25) is 0 Å². The molecule has 2 aliphatic heterocycles. The minimum Gasteiger partial charge on any atom is -0.376 e. The van der Waals surface area contributed by atoms with E-state index in [1.165, 1.54) is 0 Å². The molecule has 0 radical (unpaired) electrons. The number of ether oxygens (including phenoxy) is 1. The molecule has 1 aromatic carbocycles. The first-order valence-corrected chi connectivity index (χ1v) is 11.5. The van der Waals surface area contributed by atoms with Gasteiger partial charge < -0.3 is 24.8 Å². The number of halogens is 2. The van der Waals surface area contributed by atoms with Gasteiger partial charge >= 0.3 is 0 Å². The number of benzene rings is 1. The van der Waals surface area contributed by atoms with Crippen LogP contribution in [0.3, 0.4) is 0 Å². The summed E-state index contributed by atoms with van der Waals surface area (Å²) in [5.74, 6) is 2.52. The number of hydrogen-bond acceptors (Lipinski definition) is 5. The normalized spacial score (nSPS) is 21.3. The van der Waals surface area contributed by atoms with E-state index >= 15 is 0 Å². The van der Waals surface area contributed by atoms with E-state index in [2.05, 4.69) is 31.8 Å². The molecule has 2 N–H and O–H groups in total. The summed E-state index contributed by atoms with van der Waals surface area (Å²) < 4.78 is 7.75. The lowest BCUT2D eigenvalue weighted by atomic mass is 10.0. The Kier molecular flexibility index (Phi) is 9.42. The minimum absolute atomic E-state index is 0. The number of anilines is 1. The number of aromatic nitrogens is 3. The molecule has 0 saturated carbocycles. The highest BCUT2D eigenvalue weighted by Crippen LogP contribution is 2.27. The molecular weight excluding hydrogens is 541 g/mol. The summed E-state index contributed by atoms with van der Waals surface area (Å²) in [4.78, 5) is 7.16. The molecule has 8 nitrogen and oxygen atoms in total. The van der Waals surface area contributed by atoms with Crippen molar-refractivity contribution in [2.24, 2.45) is 12.0 Å². The molecule has 176 valence electrons. The Labute approximate surface area is 212 Å². The van der Waals surface area contributed by atoms with Crippen molar-refractivity contribution < 1.29 is 4.74 Å². The Hall–Kier alpha value is -1.59. The van der Waals surface area contributed by atoms with E-state index in [9.17, 15) is 0 Å². The van der Waals surface area contributed by atoms with Crippen LogP contribution >= 0.6 is 35.6 Å². The molecule has 0 bridgehead atoms. The van der Waals surface area contributed by atoms with Crippen LogP contribution in [-0.2, 0) is 18.3 Å². The first-order chi connectivity index (χ1) is 15.1. The van der Waals surface area contributed by atoms with Gasteiger partial charge in [0.15, 0.2) is 11.8 Å². The molecule has 32 heavy (non-hydrogen) atoms. The van der Waals surface area contributed by atoms with Crippen LogP contribution in [0, 0.1) is 6.92 Å². The van der Waals surface area contributed by atoms with Crippen molar-refractivity contribution >= 4 is 47.2 Å². The Balaban J connectivity index is 0.00000289. The Morgan fingerprint density at radius 3 is 2.81 bits per heavy atom. The van der Waals surface area contributed by atoms with Gasteiger partial charge in [-0.05, 0) is 44.7 Å². The maximum Gasteiger partial charge on any atom is 0.192 e. The topological polar surface area (TPSA) is 79.6 Å². The van der Waals surface area contributed by atoms with E-state index in [1.807, 2.05) is 36.7 Å². The highest BCUT2D eigenvalue weighted by Gasteiger charge is 2.23. The molecule has 2 saturated heterocycles. The van der Waals surface area contributed by atoms with Crippen LogP contribution in [0.5, 0.6) is 0 Å². The zero-order chi connectivity index (χ0) is 21.6. The van der Waals surface area contributed by atoms with E-state index in [1.54, 1.807) is 0 Å². The van der Waals surface area contributed by atoms with E-state index in [0.29, 0.717) is 6.54 Å². The van der Waals surface area contributed by atoms with Gasteiger partial charge in [0.25, 0.3) is 0 Å². The summed E-state index contributed by atoms with van der Waals surface area (Å²) >= 11 is 6.44. The molecule has 2 fully saturated rings. The Morgan fingerprint density at radius 1 is 1.25 bits per heavy atom. The number of nitrogens with one attached hydrogen (secondary N) is 2. The lowest BCUT2D eigenvalue weighted by Crippen LogP contribution is -2.52. The van der Waals surface area contributed by atoms with Crippen LogP contribution in [0.2, 0.25) is 5.02 Å². The van der Waals surface area contributed by atoms with E-state index in [-0.39, 0.29) is 36.1 Å². The van der Waals surface area contributed by atoms with Crippen LogP contribution < -0.4 is 15.5 Å². The van der Waals surface area contributed by atoms with Crippen molar-refractivity contribution in [3.63, 3.8) is 0 Å². The third kappa shape index (κ3) is 6.48. The average molecular weight is 574 g/mol. The van der Waals surface area contributed by atoms with Crippen LogP contribution in [0.4, 0.5) is 5.69 Å². The standard InChI is InChI=1S/C22H32ClN7O.HI/c1-16-27-28-21(29(16)2)14-25-22(24-13-18-8-6-12-31-18)26-17-7-5-11-30(15-17)20-10-4-3-9-19(20)23;/h3-4,9-10,17-18H,5-8,11-15H2,1-2H3,(H2,24,25,26);1H. The zero-order valence-corrected chi connectivity index (χ0v) is 21.8. The third-order valence-corrected chi connectivity index (χ3v) is 6.36. The Bertz CT molecular complexity index is 900. The Morgan fingerprint density at radius 2 is 2.09 bits per heavy atom. The molecule has 1 aromatic heterocycles.